The van der Waals surface area contributed by atoms with E-state index >= 15 is 0 Å². The molecule has 2 aromatic rings. The Labute approximate surface area is 131 Å². The summed E-state index contributed by atoms with van der Waals surface area (Å²) in [6.07, 6.45) is 6.96. The van der Waals surface area contributed by atoms with E-state index in [1.165, 1.54) is 5.56 Å². The van der Waals surface area contributed by atoms with Crippen molar-refractivity contribution in [1.29, 1.82) is 0 Å². The molecular weight excluding hydrogens is 274 g/mol. The van der Waals surface area contributed by atoms with Gasteiger partial charge >= 0.3 is 0 Å². The highest BCUT2D eigenvalue weighted by Gasteiger charge is 2.22. The van der Waals surface area contributed by atoms with Crippen LogP contribution in [0.3, 0.4) is 0 Å². The molecule has 1 aromatic carbocycles. The van der Waals surface area contributed by atoms with E-state index in [0.717, 1.165) is 43.7 Å². The minimum absolute atomic E-state index is 0.108. The van der Waals surface area contributed by atoms with Gasteiger partial charge in [0, 0.05) is 44.5 Å². The highest BCUT2D eigenvalue weighted by Crippen LogP contribution is 2.20. The van der Waals surface area contributed by atoms with E-state index in [1.807, 2.05) is 48.6 Å². The first-order valence-electron chi connectivity index (χ1n) is 8.01. The molecule has 3 rings (SSSR count). The van der Waals surface area contributed by atoms with Crippen LogP contribution >= 0.6 is 0 Å². The number of hydrogen-bond donors (Lipinski definition) is 0. The molecule has 1 unspecified atom stereocenters. The molecule has 1 aliphatic rings. The van der Waals surface area contributed by atoms with Crippen LogP contribution in [0.1, 0.15) is 35.1 Å². The van der Waals surface area contributed by atoms with Crippen LogP contribution in [-0.4, -0.2) is 34.0 Å². The minimum atomic E-state index is 0.108. The largest absolute Gasteiger partial charge is 0.341 e. The Morgan fingerprint density at radius 3 is 2.86 bits per heavy atom. The van der Waals surface area contributed by atoms with Crippen molar-refractivity contribution in [2.45, 2.75) is 32.7 Å². The number of aryl methyl sites for hydroxylation is 2. The average Bonchev–Trinajstić information content (AvgIpc) is 3.02. The molecule has 1 atom stereocenters. The Morgan fingerprint density at radius 2 is 2.14 bits per heavy atom. The van der Waals surface area contributed by atoms with Gasteiger partial charge in [-0.25, -0.2) is 4.98 Å². The maximum absolute atomic E-state index is 12.5. The first-order valence-corrected chi connectivity index (χ1v) is 8.01. The van der Waals surface area contributed by atoms with Crippen LogP contribution in [0.15, 0.2) is 36.7 Å². The minimum Gasteiger partial charge on any atom is -0.341 e. The van der Waals surface area contributed by atoms with Crippen LogP contribution in [0.25, 0.3) is 0 Å². The molecule has 4 heteroatoms. The molecule has 4 nitrogen and oxygen atoms in total. The van der Waals surface area contributed by atoms with Gasteiger partial charge in [-0.05, 0) is 36.5 Å². The Balaban J connectivity index is 1.61. The number of nitrogens with zero attached hydrogens (tertiary/aromatic N) is 3. The van der Waals surface area contributed by atoms with Gasteiger partial charge in [-0.15, -0.1) is 0 Å². The summed E-state index contributed by atoms with van der Waals surface area (Å²) in [4.78, 5) is 18.8. The van der Waals surface area contributed by atoms with Crippen LogP contribution in [0.2, 0.25) is 0 Å². The van der Waals surface area contributed by atoms with Crippen molar-refractivity contribution in [2.75, 3.05) is 13.6 Å². The summed E-state index contributed by atoms with van der Waals surface area (Å²) in [5, 5.41) is 0. The quantitative estimate of drug-likeness (QED) is 0.870. The lowest BCUT2D eigenvalue weighted by Crippen LogP contribution is -2.35. The van der Waals surface area contributed by atoms with Crippen molar-refractivity contribution >= 4 is 5.91 Å². The maximum Gasteiger partial charge on any atom is 0.253 e. The van der Waals surface area contributed by atoms with Crippen LogP contribution < -0.4 is 0 Å². The standard InChI is InChI=1S/C18H23N3O/c1-3-14-4-6-16(7-5-14)18(22)20(2)13-15-8-10-21-11-9-19-17(21)12-15/h4-7,9,11,15H,3,8,10,12-13H2,1-2H3. The van der Waals surface area contributed by atoms with Gasteiger partial charge in [0.05, 0.1) is 0 Å². The lowest BCUT2D eigenvalue weighted by molar-refractivity contribution is 0.0764. The van der Waals surface area contributed by atoms with Crippen LogP contribution in [0.5, 0.6) is 0 Å². The predicted molar refractivity (Wildman–Crippen MR) is 86.8 cm³/mol. The highest BCUT2D eigenvalue weighted by molar-refractivity contribution is 5.94. The Morgan fingerprint density at radius 1 is 1.36 bits per heavy atom. The second-order valence-corrected chi connectivity index (χ2v) is 6.13. The van der Waals surface area contributed by atoms with Gasteiger partial charge in [0.25, 0.3) is 5.91 Å². The predicted octanol–water partition coefficient (Wildman–Crippen LogP) is 2.78. The van der Waals surface area contributed by atoms with Gasteiger partial charge in [-0.2, -0.15) is 0 Å². The summed E-state index contributed by atoms with van der Waals surface area (Å²) < 4.78 is 2.21. The topological polar surface area (TPSA) is 38.1 Å². The highest BCUT2D eigenvalue weighted by atomic mass is 16.2. The monoisotopic (exact) mass is 297 g/mol. The van der Waals surface area contributed by atoms with Gasteiger partial charge < -0.3 is 9.47 Å². The molecule has 0 radical (unpaired) electrons. The Bertz CT molecular complexity index is 645. The molecule has 22 heavy (non-hydrogen) atoms. The molecule has 0 bridgehead atoms. The number of hydrogen-bond acceptors (Lipinski definition) is 2. The smallest absolute Gasteiger partial charge is 0.253 e. The zero-order valence-electron chi connectivity index (χ0n) is 13.3. The third kappa shape index (κ3) is 3.06. The Kier molecular flexibility index (Phi) is 4.27. The SMILES string of the molecule is CCc1ccc(C(=O)N(C)CC2CCn3ccnc3C2)cc1. The molecule has 1 aliphatic heterocycles. The van der Waals surface area contributed by atoms with Gasteiger partial charge in [0.2, 0.25) is 0 Å². The van der Waals surface area contributed by atoms with E-state index in [2.05, 4.69) is 16.5 Å². The van der Waals surface area contributed by atoms with Crippen molar-refractivity contribution in [3.8, 4) is 0 Å². The molecule has 1 aromatic heterocycles. The van der Waals surface area contributed by atoms with Crippen molar-refractivity contribution in [2.24, 2.45) is 5.92 Å². The summed E-state index contributed by atoms with van der Waals surface area (Å²) >= 11 is 0. The molecule has 0 N–H and O–H groups in total. The van der Waals surface area contributed by atoms with Gasteiger partial charge in [0.1, 0.15) is 5.82 Å². The van der Waals surface area contributed by atoms with Crippen molar-refractivity contribution in [1.82, 2.24) is 14.5 Å². The first kappa shape index (κ1) is 14.8. The molecule has 0 fully saturated rings. The summed E-state index contributed by atoms with van der Waals surface area (Å²) in [5.74, 6) is 1.75. The summed E-state index contributed by atoms with van der Waals surface area (Å²) in [7, 11) is 1.90. The van der Waals surface area contributed by atoms with E-state index in [4.69, 9.17) is 0 Å². The van der Waals surface area contributed by atoms with Crippen LogP contribution in [0, 0.1) is 5.92 Å². The zero-order valence-corrected chi connectivity index (χ0v) is 13.3. The van der Waals surface area contributed by atoms with E-state index in [9.17, 15) is 4.79 Å². The summed E-state index contributed by atoms with van der Waals surface area (Å²) in [6, 6.07) is 7.95. The Hall–Kier alpha value is -2.10. The first-order chi connectivity index (χ1) is 10.7. The van der Waals surface area contributed by atoms with Crippen molar-refractivity contribution in [3.63, 3.8) is 0 Å². The van der Waals surface area contributed by atoms with Gasteiger partial charge in [-0.1, -0.05) is 19.1 Å². The number of carbonyl (C=O) groups excluding carboxylic acids is 1. The van der Waals surface area contributed by atoms with E-state index in [1.54, 1.807) is 0 Å². The number of carbonyl (C=O) groups is 1. The number of rotatable bonds is 4. The summed E-state index contributed by atoms with van der Waals surface area (Å²) in [6.45, 7) is 3.92. The van der Waals surface area contributed by atoms with Crippen molar-refractivity contribution in [3.05, 3.63) is 53.6 Å². The maximum atomic E-state index is 12.5. The van der Waals surface area contributed by atoms with Crippen LogP contribution in [0.4, 0.5) is 0 Å². The third-order valence-corrected chi connectivity index (χ3v) is 4.54. The third-order valence-electron chi connectivity index (χ3n) is 4.54. The molecule has 1 amide bonds. The second-order valence-electron chi connectivity index (χ2n) is 6.13. The molecule has 0 aliphatic carbocycles. The molecule has 116 valence electrons. The number of imidazole rings is 1. The van der Waals surface area contributed by atoms with E-state index in [-0.39, 0.29) is 5.91 Å². The van der Waals surface area contributed by atoms with Crippen molar-refractivity contribution < 1.29 is 4.79 Å². The van der Waals surface area contributed by atoms with Gasteiger partial charge in [0.15, 0.2) is 0 Å². The van der Waals surface area contributed by atoms with E-state index in [0.29, 0.717) is 5.92 Å². The number of aromatic nitrogens is 2. The molecule has 0 saturated heterocycles. The normalized spacial score (nSPS) is 17.1. The molecular formula is C18H23N3O. The summed E-state index contributed by atoms with van der Waals surface area (Å²) in [5.41, 5.74) is 2.04. The van der Waals surface area contributed by atoms with Crippen LogP contribution in [-0.2, 0) is 19.4 Å². The fourth-order valence-corrected chi connectivity index (χ4v) is 3.14. The lowest BCUT2D eigenvalue weighted by atomic mass is 9.97. The molecule has 0 saturated carbocycles. The van der Waals surface area contributed by atoms with Gasteiger partial charge in [-0.3, -0.25) is 4.79 Å². The number of benzene rings is 1. The molecule has 0 spiro atoms. The zero-order chi connectivity index (χ0) is 15.5. The lowest BCUT2D eigenvalue weighted by Gasteiger charge is -2.28. The second kappa shape index (κ2) is 6.34. The van der Waals surface area contributed by atoms with E-state index < -0.39 is 0 Å². The fraction of sp³-hybridized carbons (Fsp3) is 0.444. The fourth-order valence-electron chi connectivity index (χ4n) is 3.14. The number of fused-ring (bicyclic) bond motifs is 1. The molecule has 2 heterocycles. The number of amides is 1. The average molecular weight is 297 g/mol.